The molecule has 17 heavy (non-hydrogen) atoms. The van der Waals surface area contributed by atoms with Crippen molar-refractivity contribution in [3.8, 4) is 0 Å². The molecular weight excluding hydrogens is 284 g/mol. The van der Waals surface area contributed by atoms with Crippen molar-refractivity contribution in [1.82, 2.24) is 4.90 Å². The van der Waals surface area contributed by atoms with Crippen LogP contribution in [-0.4, -0.2) is 37.6 Å². The van der Waals surface area contributed by atoms with E-state index in [0.717, 1.165) is 4.47 Å². The minimum atomic E-state index is -0.103. The summed E-state index contributed by atoms with van der Waals surface area (Å²) in [5, 5.41) is 0. The van der Waals surface area contributed by atoms with Gasteiger partial charge < -0.3 is 15.4 Å². The van der Waals surface area contributed by atoms with Crippen LogP contribution in [0.3, 0.4) is 0 Å². The lowest BCUT2D eigenvalue weighted by Crippen LogP contribution is -2.38. The molecule has 1 rings (SSSR count). The number of halogens is 1. The number of carbonyl (C=O) groups is 1. The molecule has 4 nitrogen and oxygen atoms in total. The summed E-state index contributed by atoms with van der Waals surface area (Å²) >= 11 is 3.33. The summed E-state index contributed by atoms with van der Waals surface area (Å²) < 4.78 is 5.87. The van der Waals surface area contributed by atoms with E-state index in [1.807, 2.05) is 13.0 Å². The van der Waals surface area contributed by atoms with Crippen LogP contribution >= 0.6 is 15.9 Å². The van der Waals surface area contributed by atoms with E-state index in [1.54, 1.807) is 31.2 Å². The smallest absolute Gasteiger partial charge is 0.256 e. The highest BCUT2D eigenvalue weighted by molar-refractivity contribution is 9.10. The van der Waals surface area contributed by atoms with Gasteiger partial charge in [0.15, 0.2) is 0 Å². The zero-order valence-electron chi connectivity index (χ0n) is 10.2. The van der Waals surface area contributed by atoms with Crippen LogP contribution in [0.5, 0.6) is 0 Å². The monoisotopic (exact) mass is 300 g/mol. The number of carbonyl (C=O) groups excluding carboxylic acids is 1. The maximum absolute atomic E-state index is 12.2. The van der Waals surface area contributed by atoms with Crippen molar-refractivity contribution < 1.29 is 9.53 Å². The number of rotatable bonds is 4. The fraction of sp³-hybridized carbons (Fsp3) is 0.417. The second-order valence-corrected chi connectivity index (χ2v) is 4.87. The third kappa shape index (κ3) is 3.44. The second kappa shape index (κ2) is 6.02. The first kappa shape index (κ1) is 14.0. The average Bonchev–Trinajstić information content (AvgIpc) is 2.30. The van der Waals surface area contributed by atoms with E-state index in [4.69, 9.17) is 10.5 Å². The predicted molar refractivity (Wildman–Crippen MR) is 72.0 cm³/mol. The Morgan fingerprint density at radius 2 is 2.24 bits per heavy atom. The van der Waals surface area contributed by atoms with E-state index in [9.17, 15) is 4.79 Å². The highest BCUT2D eigenvalue weighted by Crippen LogP contribution is 2.20. The molecule has 2 N–H and O–H groups in total. The van der Waals surface area contributed by atoms with Crippen LogP contribution < -0.4 is 5.73 Å². The third-order valence-corrected chi connectivity index (χ3v) is 3.13. The minimum Gasteiger partial charge on any atom is -0.398 e. The zero-order valence-corrected chi connectivity index (χ0v) is 11.8. The summed E-state index contributed by atoms with van der Waals surface area (Å²) in [6.45, 7) is 2.42. The van der Waals surface area contributed by atoms with E-state index in [2.05, 4.69) is 15.9 Å². The highest BCUT2D eigenvalue weighted by Gasteiger charge is 2.19. The van der Waals surface area contributed by atoms with Gasteiger partial charge in [0.05, 0.1) is 18.2 Å². The number of methoxy groups -OCH3 is 1. The molecular formula is C12H17BrN2O2. The lowest BCUT2D eigenvalue weighted by molar-refractivity contribution is 0.0634. The first-order valence-electron chi connectivity index (χ1n) is 5.28. The molecule has 0 aliphatic heterocycles. The van der Waals surface area contributed by atoms with Gasteiger partial charge in [0.1, 0.15) is 0 Å². The third-order valence-electron chi connectivity index (χ3n) is 2.64. The van der Waals surface area contributed by atoms with Crippen LogP contribution in [0.15, 0.2) is 22.7 Å². The van der Waals surface area contributed by atoms with Crippen LogP contribution in [-0.2, 0) is 4.74 Å². The SMILES string of the molecule is COCC(C)N(C)C(=O)c1cc(Br)ccc1N. The first-order valence-corrected chi connectivity index (χ1v) is 6.07. The number of nitrogen functional groups attached to an aromatic ring is 1. The highest BCUT2D eigenvalue weighted by atomic mass is 79.9. The predicted octanol–water partition coefficient (Wildman–Crippen LogP) is 2.14. The van der Waals surface area contributed by atoms with Gasteiger partial charge in [-0.05, 0) is 25.1 Å². The van der Waals surface area contributed by atoms with Crippen LogP contribution in [0.2, 0.25) is 0 Å². The Kier molecular flexibility index (Phi) is 4.96. The Bertz CT molecular complexity index is 409. The van der Waals surface area contributed by atoms with Gasteiger partial charge in [-0.15, -0.1) is 0 Å². The number of nitrogens with zero attached hydrogens (tertiary/aromatic N) is 1. The van der Waals surface area contributed by atoms with E-state index >= 15 is 0 Å². The van der Waals surface area contributed by atoms with Crippen molar-refractivity contribution in [2.75, 3.05) is 26.5 Å². The number of anilines is 1. The summed E-state index contributed by atoms with van der Waals surface area (Å²) in [6, 6.07) is 5.26. The largest absolute Gasteiger partial charge is 0.398 e. The summed E-state index contributed by atoms with van der Waals surface area (Å²) in [5.41, 5.74) is 6.79. The number of amides is 1. The van der Waals surface area contributed by atoms with E-state index in [1.165, 1.54) is 0 Å². The second-order valence-electron chi connectivity index (χ2n) is 3.95. The summed E-state index contributed by atoms with van der Waals surface area (Å²) in [6.07, 6.45) is 0. The van der Waals surface area contributed by atoms with Gasteiger partial charge in [0.2, 0.25) is 0 Å². The topological polar surface area (TPSA) is 55.6 Å². The molecule has 0 aliphatic carbocycles. The van der Waals surface area contributed by atoms with Crippen molar-refractivity contribution in [2.45, 2.75) is 13.0 Å². The molecule has 0 saturated heterocycles. The molecule has 0 aliphatic rings. The van der Waals surface area contributed by atoms with Gasteiger partial charge in [0.25, 0.3) is 5.91 Å². The van der Waals surface area contributed by atoms with Crippen LogP contribution in [0.1, 0.15) is 17.3 Å². The number of nitrogens with two attached hydrogens (primary N) is 1. The maximum atomic E-state index is 12.2. The van der Waals surface area contributed by atoms with Gasteiger partial charge in [-0.25, -0.2) is 0 Å². The number of benzene rings is 1. The molecule has 0 fully saturated rings. The lowest BCUT2D eigenvalue weighted by Gasteiger charge is -2.25. The van der Waals surface area contributed by atoms with Crippen LogP contribution in [0.25, 0.3) is 0 Å². The Balaban J connectivity index is 2.92. The van der Waals surface area contributed by atoms with Gasteiger partial charge in [-0.3, -0.25) is 4.79 Å². The fourth-order valence-electron chi connectivity index (χ4n) is 1.46. The fourth-order valence-corrected chi connectivity index (χ4v) is 1.82. The summed E-state index contributed by atoms with van der Waals surface area (Å²) in [4.78, 5) is 13.8. The van der Waals surface area contributed by atoms with Gasteiger partial charge in [-0.1, -0.05) is 15.9 Å². The normalized spacial score (nSPS) is 12.2. The Morgan fingerprint density at radius 3 is 2.82 bits per heavy atom. The van der Waals surface area contributed by atoms with Crippen molar-refractivity contribution in [2.24, 2.45) is 0 Å². The van der Waals surface area contributed by atoms with Gasteiger partial charge in [-0.2, -0.15) is 0 Å². The standard InChI is InChI=1S/C12H17BrN2O2/c1-8(7-17-3)15(2)12(16)10-6-9(13)4-5-11(10)14/h4-6,8H,7,14H2,1-3H3. The lowest BCUT2D eigenvalue weighted by atomic mass is 10.1. The molecule has 1 amide bonds. The van der Waals surface area contributed by atoms with Gasteiger partial charge in [0, 0.05) is 24.3 Å². The molecule has 94 valence electrons. The molecule has 1 atom stereocenters. The quantitative estimate of drug-likeness (QED) is 0.867. The first-order chi connectivity index (χ1) is 7.97. The summed E-state index contributed by atoms with van der Waals surface area (Å²) in [5.74, 6) is -0.103. The molecule has 0 heterocycles. The van der Waals surface area contributed by atoms with Crippen molar-refractivity contribution in [3.63, 3.8) is 0 Å². The van der Waals surface area contributed by atoms with E-state index in [-0.39, 0.29) is 11.9 Å². The minimum absolute atomic E-state index is 0.00545. The van der Waals surface area contributed by atoms with E-state index in [0.29, 0.717) is 17.9 Å². The molecule has 0 radical (unpaired) electrons. The summed E-state index contributed by atoms with van der Waals surface area (Å²) in [7, 11) is 3.36. The zero-order chi connectivity index (χ0) is 13.0. The van der Waals surface area contributed by atoms with Gasteiger partial charge >= 0.3 is 0 Å². The van der Waals surface area contributed by atoms with Crippen LogP contribution in [0.4, 0.5) is 5.69 Å². The molecule has 1 unspecified atom stereocenters. The average molecular weight is 301 g/mol. The molecule has 0 spiro atoms. The van der Waals surface area contributed by atoms with Crippen molar-refractivity contribution in [3.05, 3.63) is 28.2 Å². The van der Waals surface area contributed by atoms with Crippen molar-refractivity contribution >= 4 is 27.5 Å². The molecule has 1 aromatic rings. The molecule has 0 saturated carbocycles. The Labute approximate surface area is 110 Å². The molecule has 0 aromatic heterocycles. The van der Waals surface area contributed by atoms with E-state index < -0.39 is 0 Å². The molecule has 5 heteroatoms. The number of hydrogen-bond acceptors (Lipinski definition) is 3. The van der Waals surface area contributed by atoms with Crippen molar-refractivity contribution in [1.29, 1.82) is 0 Å². The maximum Gasteiger partial charge on any atom is 0.256 e. The number of ether oxygens (including phenoxy) is 1. The number of hydrogen-bond donors (Lipinski definition) is 1. The molecule has 1 aromatic carbocycles. The molecule has 0 bridgehead atoms. The number of likely N-dealkylation sites (N-methyl/N-ethyl adjacent to an activating group) is 1. The Morgan fingerprint density at radius 1 is 1.59 bits per heavy atom. The Hall–Kier alpha value is -1.07. The van der Waals surface area contributed by atoms with Crippen LogP contribution in [0, 0.1) is 0 Å².